The van der Waals surface area contributed by atoms with E-state index in [1.807, 2.05) is 0 Å². The normalized spacial score (nSPS) is 19.0. The van der Waals surface area contributed by atoms with Crippen molar-refractivity contribution in [2.45, 2.75) is 31.6 Å². The highest BCUT2D eigenvalue weighted by atomic mass is 16.6. The van der Waals surface area contributed by atoms with Crippen molar-refractivity contribution in [3.8, 4) is 6.07 Å². The topological polar surface area (TPSA) is 104 Å². The van der Waals surface area contributed by atoms with Crippen LogP contribution in [0.3, 0.4) is 0 Å². The van der Waals surface area contributed by atoms with Crippen LogP contribution in [-0.2, 0) is 9.59 Å². The Hall–Kier alpha value is -3.79. The van der Waals surface area contributed by atoms with Crippen LogP contribution in [0.4, 0.5) is 11.4 Å². The fourth-order valence-electron chi connectivity index (χ4n) is 4.18. The van der Waals surface area contributed by atoms with Gasteiger partial charge < -0.3 is 0 Å². The van der Waals surface area contributed by atoms with Crippen molar-refractivity contribution in [3.63, 3.8) is 0 Å². The lowest BCUT2D eigenvalue weighted by molar-refractivity contribution is -0.384. The van der Waals surface area contributed by atoms with E-state index in [1.54, 1.807) is 36.4 Å². The van der Waals surface area contributed by atoms with E-state index in [2.05, 4.69) is 6.07 Å². The highest BCUT2D eigenvalue weighted by Gasteiger charge is 2.40. The standard InChI is InChI=1S/C22H17N3O4/c23-13-15-5-1-2-8-18(15)24-19-9-4-10-20(26)22(19)17(12-21(24)27)14-6-3-7-16(11-14)25(28)29/h1-3,5-8,11,17H,4,9-10,12H2. The molecule has 144 valence electrons. The second-order valence-corrected chi connectivity index (χ2v) is 7.10. The summed E-state index contributed by atoms with van der Waals surface area (Å²) in [7, 11) is 0. The molecular weight excluding hydrogens is 370 g/mol. The second kappa shape index (κ2) is 7.32. The van der Waals surface area contributed by atoms with Gasteiger partial charge in [-0.2, -0.15) is 5.26 Å². The van der Waals surface area contributed by atoms with Crippen molar-refractivity contribution in [2.24, 2.45) is 0 Å². The van der Waals surface area contributed by atoms with Crippen LogP contribution in [0.25, 0.3) is 0 Å². The molecule has 0 spiro atoms. The maximum absolute atomic E-state index is 13.2. The van der Waals surface area contributed by atoms with Gasteiger partial charge in [-0.25, -0.2) is 0 Å². The smallest absolute Gasteiger partial charge is 0.269 e. The summed E-state index contributed by atoms with van der Waals surface area (Å²) in [6, 6.07) is 15.0. The molecule has 0 N–H and O–H groups in total. The van der Waals surface area contributed by atoms with E-state index in [-0.39, 0.29) is 23.8 Å². The quantitative estimate of drug-likeness (QED) is 0.585. The van der Waals surface area contributed by atoms with Crippen LogP contribution in [0.5, 0.6) is 0 Å². The number of carbonyl (C=O) groups excluding carboxylic acids is 2. The van der Waals surface area contributed by atoms with Gasteiger partial charge in [0.2, 0.25) is 5.91 Å². The Morgan fingerprint density at radius 1 is 1.10 bits per heavy atom. The van der Waals surface area contributed by atoms with Gasteiger partial charge in [0.05, 0.1) is 16.2 Å². The Morgan fingerprint density at radius 3 is 2.66 bits per heavy atom. The van der Waals surface area contributed by atoms with E-state index >= 15 is 0 Å². The Balaban J connectivity index is 1.89. The Bertz CT molecular complexity index is 1110. The molecule has 2 aromatic carbocycles. The SMILES string of the molecule is N#Cc1ccccc1N1C(=O)CC(c2cccc([N+](=O)[O-])c2)C2=C1CCCC2=O. The van der Waals surface area contributed by atoms with Crippen LogP contribution >= 0.6 is 0 Å². The molecule has 7 heteroatoms. The molecular formula is C22H17N3O4. The molecule has 1 heterocycles. The van der Waals surface area contributed by atoms with Gasteiger partial charge in [-0.05, 0) is 30.5 Å². The van der Waals surface area contributed by atoms with Gasteiger partial charge in [-0.15, -0.1) is 0 Å². The molecule has 1 unspecified atom stereocenters. The molecule has 0 radical (unpaired) electrons. The number of nitro groups is 1. The van der Waals surface area contributed by atoms with Crippen LogP contribution < -0.4 is 4.90 Å². The van der Waals surface area contributed by atoms with E-state index in [0.29, 0.717) is 47.3 Å². The Morgan fingerprint density at radius 2 is 1.90 bits per heavy atom. The van der Waals surface area contributed by atoms with Gasteiger partial charge in [0.15, 0.2) is 5.78 Å². The molecule has 2 aromatic rings. The number of nitro benzene ring substituents is 1. The fourth-order valence-corrected chi connectivity index (χ4v) is 4.18. The molecule has 1 amide bonds. The number of para-hydroxylation sites is 1. The lowest BCUT2D eigenvalue weighted by Gasteiger charge is -2.38. The predicted octanol–water partition coefficient (Wildman–Crippen LogP) is 3.99. The first-order valence-corrected chi connectivity index (χ1v) is 9.34. The summed E-state index contributed by atoms with van der Waals surface area (Å²) in [6.45, 7) is 0. The number of carbonyl (C=O) groups is 2. The molecule has 4 rings (SSSR count). The van der Waals surface area contributed by atoms with Crippen molar-refractivity contribution in [1.82, 2.24) is 0 Å². The summed E-state index contributed by atoms with van der Waals surface area (Å²) in [5.41, 5.74) is 2.49. The van der Waals surface area contributed by atoms with Gasteiger partial charge in [-0.3, -0.25) is 24.6 Å². The van der Waals surface area contributed by atoms with E-state index in [0.717, 1.165) is 0 Å². The van der Waals surface area contributed by atoms with Crippen LogP contribution in [-0.4, -0.2) is 16.6 Å². The highest BCUT2D eigenvalue weighted by molar-refractivity contribution is 6.08. The number of amides is 1. The minimum absolute atomic E-state index is 0.0193. The van der Waals surface area contributed by atoms with E-state index in [1.165, 1.54) is 17.0 Å². The number of ketones is 1. The average molecular weight is 387 g/mol. The van der Waals surface area contributed by atoms with Crippen molar-refractivity contribution in [3.05, 3.63) is 81.0 Å². The summed E-state index contributed by atoms with van der Waals surface area (Å²) < 4.78 is 0. The number of rotatable bonds is 3. The summed E-state index contributed by atoms with van der Waals surface area (Å²) in [6.07, 6.45) is 1.56. The maximum atomic E-state index is 13.2. The fraction of sp³-hybridized carbons (Fsp3) is 0.227. The summed E-state index contributed by atoms with van der Waals surface area (Å²) in [4.78, 5) is 38.2. The first-order valence-electron chi connectivity index (χ1n) is 9.34. The van der Waals surface area contributed by atoms with Gasteiger partial charge in [-0.1, -0.05) is 24.3 Å². The van der Waals surface area contributed by atoms with Gasteiger partial charge >= 0.3 is 0 Å². The molecule has 1 atom stereocenters. The molecule has 0 saturated heterocycles. The van der Waals surface area contributed by atoms with E-state index < -0.39 is 10.8 Å². The molecule has 29 heavy (non-hydrogen) atoms. The number of anilines is 1. The molecule has 0 saturated carbocycles. The van der Waals surface area contributed by atoms with Gasteiger partial charge in [0.25, 0.3) is 5.69 Å². The molecule has 0 bridgehead atoms. The van der Waals surface area contributed by atoms with Crippen LogP contribution in [0.2, 0.25) is 0 Å². The lowest BCUT2D eigenvalue weighted by atomic mass is 9.77. The monoisotopic (exact) mass is 387 g/mol. The number of allylic oxidation sites excluding steroid dienone is 2. The maximum Gasteiger partial charge on any atom is 0.269 e. The zero-order valence-corrected chi connectivity index (χ0v) is 15.5. The average Bonchev–Trinajstić information content (AvgIpc) is 2.73. The van der Waals surface area contributed by atoms with Crippen LogP contribution in [0.15, 0.2) is 59.8 Å². The minimum atomic E-state index is -0.518. The van der Waals surface area contributed by atoms with Crippen LogP contribution in [0, 0.1) is 21.4 Å². The van der Waals surface area contributed by atoms with E-state index in [9.17, 15) is 25.0 Å². The van der Waals surface area contributed by atoms with Crippen molar-refractivity contribution < 1.29 is 14.5 Å². The zero-order chi connectivity index (χ0) is 20.5. The third-order valence-electron chi connectivity index (χ3n) is 5.42. The number of Topliss-reactive ketones (excluding diaryl/α,β-unsaturated/α-hetero) is 1. The van der Waals surface area contributed by atoms with Crippen LogP contribution in [0.1, 0.15) is 42.7 Å². The highest BCUT2D eigenvalue weighted by Crippen LogP contribution is 2.44. The zero-order valence-electron chi connectivity index (χ0n) is 15.5. The Labute approximate surface area is 167 Å². The number of benzene rings is 2. The number of hydrogen-bond acceptors (Lipinski definition) is 5. The van der Waals surface area contributed by atoms with E-state index in [4.69, 9.17) is 0 Å². The van der Waals surface area contributed by atoms with Crippen molar-refractivity contribution >= 4 is 23.1 Å². The number of hydrogen-bond donors (Lipinski definition) is 0. The summed E-state index contributed by atoms with van der Waals surface area (Å²) in [5.74, 6) is -0.789. The largest absolute Gasteiger partial charge is 0.294 e. The number of nitrogens with zero attached hydrogens (tertiary/aromatic N) is 3. The predicted molar refractivity (Wildman–Crippen MR) is 105 cm³/mol. The Kier molecular flexibility index (Phi) is 4.69. The molecule has 1 aliphatic heterocycles. The van der Waals surface area contributed by atoms with Crippen molar-refractivity contribution in [2.75, 3.05) is 4.90 Å². The molecule has 7 nitrogen and oxygen atoms in total. The molecule has 2 aliphatic rings. The number of non-ortho nitro benzene ring substituents is 1. The third-order valence-corrected chi connectivity index (χ3v) is 5.42. The summed E-state index contributed by atoms with van der Waals surface area (Å²) >= 11 is 0. The first kappa shape index (κ1) is 18.6. The molecule has 1 aliphatic carbocycles. The van der Waals surface area contributed by atoms with Gasteiger partial charge in [0.1, 0.15) is 6.07 Å². The minimum Gasteiger partial charge on any atom is -0.294 e. The lowest BCUT2D eigenvalue weighted by Crippen LogP contribution is -2.40. The second-order valence-electron chi connectivity index (χ2n) is 7.10. The number of nitriles is 1. The summed E-state index contributed by atoms with van der Waals surface area (Å²) in [5, 5.41) is 20.6. The molecule has 0 aromatic heterocycles. The van der Waals surface area contributed by atoms with Crippen molar-refractivity contribution in [1.29, 1.82) is 5.26 Å². The molecule has 0 fully saturated rings. The van der Waals surface area contributed by atoms with Gasteiger partial charge in [0, 0.05) is 42.2 Å². The first-order chi connectivity index (χ1) is 14.0. The third kappa shape index (κ3) is 3.19.